The van der Waals surface area contributed by atoms with E-state index in [2.05, 4.69) is 20.7 Å². The Balaban J connectivity index is 2.58. The Hall–Kier alpha value is -0.440. The van der Waals surface area contributed by atoms with Crippen LogP contribution in [0.2, 0.25) is 0 Å². The van der Waals surface area contributed by atoms with Crippen molar-refractivity contribution in [1.29, 1.82) is 0 Å². The van der Waals surface area contributed by atoms with Crippen molar-refractivity contribution in [2.45, 2.75) is 17.6 Å². The summed E-state index contributed by atoms with van der Waals surface area (Å²) in [4.78, 5) is 10.6. The molecule has 0 radical (unpaired) electrons. The van der Waals surface area contributed by atoms with E-state index in [0.29, 0.717) is 4.47 Å². The highest BCUT2D eigenvalue weighted by Crippen LogP contribution is 2.27. The highest BCUT2D eigenvalue weighted by molar-refractivity contribution is 9.10. The van der Waals surface area contributed by atoms with Crippen molar-refractivity contribution in [2.24, 2.45) is 5.92 Å². The van der Waals surface area contributed by atoms with E-state index >= 15 is 0 Å². The molecule has 96 valence electrons. The first-order chi connectivity index (χ1) is 7.84. The zero-order valence-corrected chi connectivity index (χ0v) is 12.2. The fourth-order valence-corrected chi connectivity index (χ4v) is 4.50. The highest BCUT2D eigenvalue weighted by atomic mass is 79.9. The first-order valence-corrected chi connectivity index (χ1v) is 7.95. The summed E-state index contributed by atoms with van der Waals surface area (Å²) in [5.41, 5.74) is 0. The zero-order chi connectivity index (χ0) is 13.1. The van der Waals surface area contributed by atoms with Crippen molar-refractivity contribution < 1.29 is 18.3 Å². The number of carboxylic acids is 1. The number of carbonyl (C=O) groups is 1. The van der Waals surface area contributed by atoms with Gasteiger partial charge in [-0.25, -0.2) is 13.1 Å². The summed E-state index contributed by atoms with van der Waals surface area (Å²) in [7, 11) is -3.54. The molecule has 1 aromatic heterocycles. The molecule has 0 aliphatic carbocycles. The molecule has 1 aromatic rings. The van der Waals surface area contributed by atoms with Gasteiger partial charge in [0, 0.05) is 11.0 Å². The molecule has 17 heavy (non-hydrogen) atoms. The van der Waals surface area contributed by atoms with E-state index in [1.54, 1.807) is 11.4 Å². The number of thiophene rings is 1. The summed E-state index contributed by atoms with van der Waals surface area (Å²) in [6.07, 6.45) is 0.261. The molecule has 0 aromatic carbocycles. The van der Waals surface area contributed by atoms with Gasteiger partial charge in [0.15, 0.2) is 0 Å². The molecular formula is C9H12BrNO4S2. The van der Waals surface area contributed by atoms with Crippen LogP contribution in [0, 0.1) is 5.92 Å². The lowest BCUT2D eigenvalue weighted by Gasteiger charge is -2.07. The summed E-state index contributed by atoms with van der Waals surface area (Å²) in [6, 6.07) is 1.65. The third-order valence-corrected chi connectivity index (χ3v) is 6.25. The van der Waals surface area contributed by atoms with Crippen LogP contribution in [0.4, 0.5) is 0 Å². The van der Waals surface area contributed by atoms with E-state index < -0.39 is 21.9 Å². The largest absolute Gasteiger partial charge is 0.481 e. The number of hydrogen-bond donors (Lipinski definition) is 2. The van der Waals surface area contributed by atoms with Gasteiger partial charge in [-0.05, 0) is 33.8 Å². The van der Waals surface area contributed by atoms with E-state index in [9.17, 15) is 13.2 Å². The molecule has 0 amide bonds. The zero-order valence-electron chi connectivity index (χ0n) is 9.01. The minimum Gasteiger partial charge on any atom is -0.481 e. The number of hydrogen-bond acceptors (Lipinski definition) is 4. The molecule has 1 unspecified atom stereocenters. The number of carboxylic acid groups (broad SMARTS) is 1. The topological polar surface area (TPSA) is 83.5 Å². The van der Waals surface area contributed by atoms with Crippen molar-refractivity contribution in [3.8, 4) is 0 Å². The SMILES string of the molecule is CC(CCNS(=O)(=O)c1sccc1Br)C(=O)O. The van der Waals surface area contributed by atoms with Gasteiger partial charge in [-0.3, -0.25) is 4.79 Å². The molecule has 0 saturated heterocycles. The molecule has 0 aliphatic heterocycles. The first-order valence-electron chi connectivity index (χ1n) is 4.80. The maximum Gasteiger partial charge on any atom is 0.306 e. The van der Waals surface area contributed by atoms with Crippen molar-refractivity contribution in [3.05, 3.63) is 15.9 Å². The molecule has 1 atom stereocenters. The van der Waals surface area contributed by atoms with Gasteiger partial charge >= 0.3 is 5.97 Å². The van der Waals surface area contributed by atoms with Crippen LogP contribution in [0.1, 0.15) is 13.3 Å². The second-order valence-electron chi connectivity index (χ2n) is 3.48. The van der Waals surface area contributed by atoms with Crippen LogP contribution in [-0.4, -0.2) is 26.0 Å². The van der Waals surface area contributed by atoms with Crippen LogP contribution in [0.25, 0.3) is 0 Å². The molecule has 0 bridgehead atoms. The highest BCUT2D eigenvalue weighted by Gasteiger charge is 2.19. The van der Waals surface area contributed by atoms with Gasteiger partial charge in [-0.15, -0.1) is 11.3 Å². The summed E-state index contributed by atoms with van der Waals surface area (Å²) < 4.78 is 26.7. The van der Waals surface area contributed by atoms with E-state index in [1.807, 2.05) is 0 Å². The van der Waals surface area contributed by atoms with Crippen LogP contribution in [-0.2, 0) is 14.8 Å². The van der Waals surface area contributed by atoms with E-state index in [0.717, 1.165) is 11.3 Å². The molecule has 2 N–H and O–H groups in total. The summed E-state index contributed by atoms with van der Waals surface area (Å²) >= 11 is 4.25. The average molecular weight is 342 g/mol. The fourth-order valence-electron chi connectivity index (χ4n) is 1.07. The van der Waals surface area contributed by atoms with Crippen LogP contribution in [0.3, 0.4) is 0 Å². The Labute approximate surface area is 112 Å². The monoisotopic (exact) mass is 341 g/mol. The molecule has 0 fully saturated rings. The molecule has 5 nitrogen and oxygen atoms in total. The molecule has 1 rings (SSSR count). The van der Waals surface area contributed by atoms with E-state index in [1.165, 1.54) is 6.92 Å². The van der Waals surface area contributed by atoms with Gasteiger partial charge in [0.05, 0.1) is 5.92 Å². The Morgan fingerprint density at radius 1 is 1.65 bits per heavy atom. The van der Waals surface area contributed by atoms with Crippen molar-refractivity contribution in [1.82, 2.24) is 4.72 Å². The predicted molar refractivity (Wildman–Crippen MR) is 68.6 cm³/mol. The summed E-state index contributed by atoms with van der Waals surface area (Å²) in [5, 5.41) is 10.3. The van der Waals surface area contributed by atoms with Crippen LogP contribution < -0.4 is 4.72 Å². The lowest BCUT2D eigenvalue weighted by Crippen LogP contribution is -2.26. The molecule has 8 heteroatoms. The van der Waals surface area contributed by atoms with Gasteiger partial charge < -0.3 is 5.11 Å². The normalized spacial score (nSPS) is 13.5. The van der Waals surface area contributed by atoms with Crippen molar-refractivity contribution in [3.63, 3.8) is 0 Å². The van der Waals surface area contributed by atoms with E-state index in [-0.39, 0.29) is 17.2 Å². The lowest BCUT2D eigenvalue weighted by molar-refractivity contribution is -0.141. The third-order valence-electron chi connectivity index (χ3n) is 2.12. The Kier molecular flexibility index (Phi) is 5.11. The third kappa shape index (κ3) is 4.06. The standard InChI is InChI=1S/C9H12BrNO4S2/c1-6(8(12)13)2-4-11-17(14,15)9-7(10)3-5-16-9/h3,5-6,11H,2,4H2,1H3,(H,12,13). The quantitative estimate of drug-likeness (QED) is 0.827. The molecular weight excluding hydrogens is 330 g/mol. The van der Waals surface area contributed by atoms with Crippen LogP contribution in [0.15, 0.2) is 20.1 Å². The van der Waals surface area contributed by atoms with Gasteiger partial charge in [-0.2, -0.15) is 0 Å². The number of halogens is 1. The van der Waals surface area contributed by atoms with E-state index in [4.69, 9.17) is 5.11 Å². The molecule has 1 heterocycles. The van der Waals surface area contributed by atoms with Gasteiger partial charge in [-0.1, -0.05) is 6.92 Å². The molecule has 0 aliphatic rings. The second kappa shape index (κ2) is 5.94. The maximum atomic E-state index is 11.8. The predicted octanol–water partition coefficient (Wildman–Crippen LogP) is 1.90. The van der Waals surface area contributed by atoms with Crippen molar-refractivity contribution in [2.75, 3.05) is 6.54 Å². The lowest BCUT2D eigenvalue weighted by atomic mass is 10.1. The smallest absolute Gasteiger partial charge is 0.306 e. The van der Waals surface area contributed by atoms with Gasteiger partial charge in [0.2, 0.25) is 0 Å². The number of rotatable bonds is 6. The number of aliphatic carboxylic acids is 1. The van der Waals surface area contributed by atoms with Gasteiger partial charge in [0.25, 0.3) is 10.0 Å². The fraction of sp³-hybridized carbons (Fsp3) is 0.444. The summed E-state index contributed by atoms with van der Waals surface area (Å²) in [5.74, 6) is -1.49. The van der Waals surface area contributed by atoms with Gasteiger partial charge in [0.1, 0.15) is 4.21 Å². The number of sulfonamides is 1. The minimum atomic E-state index is -3.54. The molecule has 0 saturated carbocycles. The average Bonchev–Trinajstić information content (AvgIpc) is 2.64. The minimum absolute atomic E-state index is 0.111. The maximum absolute atomic E-state index is 11.8. The van der Waals surface area contributed by atoms with Crippen LogP contribution in [0.5, 0.6) is 0 Å². The Bertz CT molecular complexity index is 497. The number of nitrogens with one attached hydrogen (secondary N) is 1. The summed E-state index contributed by atoms with van der Waals surface area (Å²) in [6.45, 7) is 1.65. The van der Waals surface area contributed by atoms with Crippen LogP contribution >= 0.6 is 27.3 Å². The Morgan fingerprint density at radius 2 is 2.29 bits per heavy atom. The molecule has 0 spiro atoms. The first kappa shape index (κ1) is 14.6. The second-order valence-corrected chi connectivity index (χ2v) is 7.21. The van der Waals surface area contributed by atoms with Crippen molar-refractivity contribution >= 4 is 43.3 Å². The Morgan fingerprint density at radius 3 is 2.76 bits per heavy atom.